The van der Waals surface area contributed by atoms with Crippen LogP contribution in [-0.4, -0.2) is 29.2 Å². The minimum atomic E-state index is 0.226. The average molecular weight is 214 g/mol. The summed E-state index contributed by atoms with van der Waals surface area (Å²) in [5, 5.41) is 3.75. The lowest BCUT2D eigenvalue weighted by molar-refractivity contribution is 0.156. The molecule has 1 fully saturated rings. The van der Waals surface area contributed by atoms with E-state index in [-0.39, 0.29) is 6.10 Å². The Morgan fingerprint density at radius 1 is 1.43 bits per heavy atom. The maximum absolute atomic E-state index is 5.88. The fourth-order valence-corrected chi connectivity index (χ4v) is 1.61. The number of hydrogen-bond acceptors (Lipinski definition) is 4. The number of hydrogen-bond donors (Lipinski definition) is 1. The molecule has 2 heterocycles. The molecule has 1 aliphatic rings. The smallest absolute Gasteiger partial charge is 0.235 e. The Morgan fingerprint density at radius 3 is 2.93 bits per heavy atom. The average Bonchev–Trinajstić information content (AvgIpc) is 2.23. The van der Waals surface area contributed by atoms with Crippen LogP contribution in [0.4, 0.5) is 0 Å². The molecular weight excluding hydrogens is 202 g/mol. The monoisotopic (exact) mass is 213 g/mol. The molecule has 0 atom stereocenters. The third-order valence-electron chi connectivity index (χ3n) is 2.20. The Kier molecular flexibility index (Phi) is 3.16. The summed E-state index contributed by atoms with van der Waals surface area (Å²) in [6.45, 7) is 1.99. The first-order valence-electron chi connectivity index (χ1n) is 4.69. The van der Waals surface area contributed by atoms with Gasteiger partial charge in [0.15, 0.2) is 0 Å². The highest BCUT2D eigenvalue weighted by molar-refractivity contribution is 6.31. The van der Waals surface area contributed by atoms with E-state index in [1.54, 1.807) is 6.20 Å². The first kappa shape index (κ1) is 9.68. The summed E-state index contributed by atoms with van der Waals surface area (Å²) in [6, 6.07) is 0. The van der Waals surface area contributed by atoms with Crippen molar-refractivity contribution in [3.05, 3.63) is 17.5 Å². The molecule has 1 aliphatic heterocycles. The van der Waals surface area contributed by atoms with Gasteiger partial charge in [-0.25, -0.2) is 9.97 Å². The van der Waals surface area contributed by atoms with Crippen molar-refractivity contribution in [2.75, 3.05) is 13.1 Å². The summed E-state index contributed by atoms with van der Waals surface area (Å²) in [5.41, 5.74) is 0. The number of aromatic nitrogens is 2. The van der Waals surface area contributed by atoms with E-state index in [9.17, 15) is 0 Å². The van der Waals surface area contributed by atoms with Crippen molar-refractivity contribution in [1.29, 1.82) is 0 Å². The fraction of sp³-hybridized carbons (Fsp3) is 0.556. The minimum Gasteiger partial charge on any atom is -0.473 e. The molecule has 5 heteroatoms. The lowest BCUT2D eigenvalue weighted by atomic mass is 10.1. The molecule has 0 spiro atoms. The zero-order valence-electron chi connectivity index (χ0n) is 7.74. The Balaban J connectivity index is 1.99. The molecule has 76 valence electrons. The van der Waals surface area contributed by atoms with Gasteiger partial charge in [0, 0.05) is 0 Å². The van der Waals surface area contributed by atoms with Crippen LogP contribution in [0.5, 0.6) is 5.88 Å². The number of piperidine rings is 1. The SMILES string of the molecule is Clc1cncnc1OC1CCNCC1. The molecule has 0 radical (unpaired) electrons. The highest BCUT2D eigenvalue weighted by Gasteiger charge is 2.16. The molecule has 14 heavy (non-hydrogen) atoms. The van der Waals surface area contributed by atoms with Gasteiger partial charge in [0.1, 0.15) is 17.5 Å². The number of nitrogens with one attached hydrogen (secondary N) is 1. The van der Waals surface area contributed by atoms with Gasteiger partial charge in [-0.3, -0.25) is 0 Å². The van der Waals surface area contributed by atoms with Crippen molar-refractivity contribution in [1.82, 2.24) is 15.3 Å². The Morgan fingerprint density at radius 2 is 2.21 bits per heavy atom. The number of rotatable bonds is 2. The largest absolute Gasteiger partial charge is 0.473 e. The highest BCUT2D eigenvalue weighted by Crippen LogP contribution is 2.22. The van der Waals surface area contributed by atoms with Crippen molar-refractivity contribution in [3.8, 4) is 5.88 Å². The van der Waals surface area contributed by atoms with Crippen LogP contribution in [0.2, 0.25) is 5.02 Å². The van der Waals surface area contributed by atoms with Crippen LogP contribution in [0.25, 0.3) is 0 Å². The van der Waals surface area contributed by atoms with E-state index in [4.69, 9.17) is 16.3 Å². The van der Waals surface area contributed by atoms with Crippen molar-refractivity contribution < 1.29 is 4.74 Å². The molecule has 0 aliphatic carbocycles. The topological polar surface area (TPSA) is 47.0 Å². The summed E-state index contributed by atoms with van der Waals surface area (Å²) in [4.78, 5) is 7.79. The van der Waals surface area contributed by atoms with Gasteiger partial charge in [-0.15, -0.1) is 0 Å². The predicted octanol–water partition coefficient (Wildman–Crippen LogP) is 1.26. The van der Waals surface area contributed by atoms with Gasteiger partial charge in [-0.05, 0) is 25.9 Å². The fourth-order valence-electron chi connectivity index (χ4n) is 1.46. The summed E-state index contributed by atoms with van der Waals surface area (Å²) in [7, 11) is 0. The van der Waals surface area contributed by atoms with E-state index < -0.39 is 0 Å². The molecule has 0 amide bonds. The highest BCUT2D eigenvalue weighted by atomic mass is 35.5. The van der Waals surface area contributed by atoms with Crippen LogP contribution in [0, 0.1) is 0 Å². The van der Waals surface area contributed by atoms with Crippen molar-refractivity contribution in [2.24, 2.45) is 0 Å². The van der Waals surface area contributed by atoms with Gasteiger partial charge in [0.25, 0.3) is 0 Å². The Hall–Kier alpha value is -0.870. The third kappa shape index (κ3) is 2.33. The van der Waals surface area contributed by atoms with Gasteiger partial charge < -0.3 is 10.1 Å². The van der Waals surface area contributed by atoms with Crippen molar-refractivity contribution in [3.63, 3.8) is 0 Å². The van der Waals surface area contributed by atoms with E-state index in [1.165, 1.54) is 6.33 Å². The predicted molar refractivity (Wildman–Crippen MR) is 53.6 cm³/mol. The summed E-state index contributed by atoms with van der Waals surface area (Å²) in [5.74, 6) is 0.494. The van der Waals surface area contributed by atoms with E-state index in [0.717, 1.165) is 25.9 Å². The van der Waals surface area contributed by atoms with Gasteiger partial charge in [-0.1, -0.05) is 11.6 Å². The van der Waals surface area contributed by atoms with Crippen LogP contribution >= 0.6 is 11.6 Å². The third-order valence-corrected chi connectivity index (χ3v) is 2.46. The Bertz CT molecular complexity index is 302. The van der Waals surface area contributed by atoms with Gasteiger partial charge in [0.2, 0.25) is 5.88 Å². The quantitative estimate of drug-likeness (QED) is 0.804. The lowest BCUT2D eigenvalue weighted by Crippen LogP contribution is -2.34. The van der Waals surface area contributed by atoms with Gasteiger partial charge in [-0.2, -0.15) is 0 Å². The van der Waals surface area contributed by atoms with Crippen LogP contribution in [0.3, 0.4) is 0 Å². The second kappa shape index (κ2) is 4.57. The molecule has 1 saturated heterocycles. The molecule has 0 unspecified atom stereocenters. The second-order valence-electron chi connectivity index (χ2n) is 3.24. The van der Waals surface area contributed by atoms with Gasteiger partial charge in [0.05, 0.1) is 6.20 Å². The summed E-state index contributed by atoms with van der Waals surface area (Å²) >= 11 is 5.88. The van der Waals surface area contributed by atoms with Gasteiger partial charge >= 0.3 is 0 Å². The minimum absolute atomic E-state index is 0.226. The number of halogens is 1. The maximum Gasteiger partial charge on any atom is 0.235 e. The normalized spacial score (nSPS) is 18.1. The molecule has 2 rings (SSSR count). The van der Waals surface area contributed by atoms with Crippen LogP contribution in [-0.2, 0) is 0 Å². The molecule has 1 aromatic rings. The lowest BCUT2D eigenvalue weighted by Gasteiger charge is -2.23. The van der Waals surface area contributed by atoms with E-state index in [1.807, 2.05) is 0 Å². The van der Waals surface area contributed by atoms with Crippen LogP contribution in [0.15, 0.2) is 12.5 Å². The molecule has 0 saturated carbocycles. The first-order valence-corrected chi connectivity index (χ1v) is 5.07. The van der Waals surface area contributed by atoms with Crippen LogP contribution in [0.1, 0.15) is 12.8 Å². The summed E-state index contributed by atoms with van der Waals surface area (Å²) in [6.07, 6.45) is 5.22. The van der Waals surface area contributed by atoms with Crippen molar-refractivity contribution in [2.45, 2.75) is 18.9 Å². The molecular formula is C9H12ClN3O. The summed E-state index contributed by atoms with van der Waals surface area (Å²) < 4.78 is 5.66. The molecule has 4 nitrogen and oxygen atoms in total. The van der Waals surface area contributed by atoms with E-state index in [0.29, 0.717) is 10.9 Å². The van der Waals surface area contributed by atoms with Crippen molar-refractivity contribution >= 4 is 11.6 Å². The molecule has 0 bridgehead atoms. The Labute approximate surface area is 87.7 Å². The molecule has 1 N–H and O–H groups in total. The number of nitrogens with zero attached hydrogens (tertiary/aromatic N) is 2. The van der Waals surface area contributed by atoms with E-state index >= 15 is 0 Å². The zero-order valence-corrected chi connectivity index (χ0v) is 8.50. The zero-order chi connectivity index (χ0) is 9.80. The standard InChI is InChI=1S/C9H12ClN3O/c10-8-5-12-6-13-9(8)14-7-1-3-11-4-2-7/h5-7,11H,1-4H2. The maximum atomic E-state index is 5.88. The molecule has 1 aromatic heterocycles. The molecule has 0 aromatic carbocycles. The first-order chi connectivity index (χ1) is 6.86. The van der Waals surface area contributed by atoms with E-state index in [2.05, 4.69) is 15.3 Å². The second-order valence-corrected chi connectivity index (χ2v) is 3.65. The van der Waals surface area contributed by atoms with Crippen LogP contribution < -0.4 is 10.1 Å². The number of ether oxygens (including phenoxy) is 1.